The van der Waals surface area contributed by atoms with Crippen LogP contribution in [0.4, 0.5) is 0 Å². The monoisotopic (exact) mass is 374 g/mol. The lowest BCUT2D eigenvalue weighted by molar-refractivity contribution is -0.132. The van der Waals surface area contributed by atoms with Crippen LogP contribution in [-0.4, -0.2) is 61.8 Å². The molecule has 1 atom stereocenters. The molecule has 0 aromatic carbocycles. The van der Waals surface area contributed by atoms with Crippen LogP contribution in [0.15, 0.2) is 10.6 Å². The third-order valence-corrected chi connectivity index (χ3v) is 4.88. The van der Waals surface area contributed by atoms with Gasteiger partial charge in [0.05, 0.1) is 5.69 Å². The van der Waals surface area contributed by atoms with E-state index in [2.05, 4.69) is 34.0 Å². The van der Waals surface area contributed by atoms with E-state index in [4.69, 9.17) is 4.52 Å². The Kier molecular flexibility index (Phi) is 5.94. The first-order valence-electron chi connectivity index (χ1n) is 9.66. The molecule has 2 aromatic heterocycles. The maximum atomic E-state index is 13.0. The molecule has 1 fully saturated rings. The fraction of sp³-hybridized carbons (Fsp3) is 0.684. The fourth-order valence-electron chi connectivity index (χ4n) is 3.70. The van der Waals surface area contributed by atoms with Crippen molar-refractivity contribution < 1.29 is 9.32 Å². The summed E-state index contributed by atoms with van der Waals surface area (Å²) >= 11 is 0. The van der Waals surface area contributed by atoms with E-state index in [1.54, 1.807) is 4.68 Å². The normalized spacial score (nSPS) is 18.9. The Morgan fingerprint density at radius 2 is 2.07 bits per heavy atom. The fourth-order valence-corrected chi connectivity index (χ4v) is 3.70. The molecule has 1 aliphatic rings. The highest BCUT2D eigenvalue weighted by molar-refractivity contribution is 5.76. The number of hydrogen-bond donors (Lipinski definition) is 0. The molecule has 0 aliphatic carbocycles. The average molecular weight is 374 g/mol. The molecule has 2 aromatic rings. The van der Waals surface area contributed by atoms with E-state index in [9.17, 15) is 4.79 Å². The van der Waals surface area contributed by atoms with Gasteiger partial charge in [0, 0.05) is 31.9 Å². The van der Waals surface area contributed by atoms with Gasteiger partial charge in [0.2, 0.25) is 11.8 Å². The average Bonchev–Trinajstić information content (AvgIpc) is 3.07. The Bertz CT molecular complexity index is 781. The Labute approximate surface area is 160 Å². The molecule has 148 valence electrons. The van der Waals surface area contributed by atoms with E-state index in [0.717, 1.165) is 37.4 Å². The zero-order valence-corrected chi connectivity index (χ0v) is 17.0. The number of hydrogen-bond acceptors (Lipinski definition) is 6. The minimum atomic E-state index is -0.0690. The molecular formula is C19H30N6O2. The number of carbonyl (C=O) groups excluding carboxylic acids is 1. The lowest BCUT2D eigenvalue weighted by Gasteiger charge is -2.30. The van der Waals surface area contributed by atoms with Crippen LogP contribution in [0.25, 0.3) is 0 Å². The van der Waals surface area contributed by atoms with Crippen LogP contribution in [0.5, 0.6) is 0 Å². The van der Waals surface area contributed by atoms with Crippen LogP contribution in [0, 0.1) is 26.7 Å². The lowest BCUT2D eigenvalue weighted by atomic mass is 10.1. The number of carbonyl (C=O) groups is 1. The maximum Gasteiger partial charge on any atom is 0.245 e. The molecule has 0 radical (unpaired) electrons. The summed E-state index contributed by atoms with van der Waals surface area (Å²) in [5.41, 5.74) is 1.93. The molecule has 3 rings (SSSR count). The highest BCUT2D eigenvalue weighted by atomic mass is 16.5. The predicted molar refractivity (Wildman–Crippen MR) is 101 cm³/mol. The minimum Gasteiger partial charge on any atom is -0.339 e. The van der Waals surface area contributed by atoms with Gasteiger partial charge in [0.25, 0.3) is 0 Å². The molecule has 0 bridgehead atoms. The number of aromatic nitrogens is 4. The van der Waals surface area contributed by atoms with Gasteiger partial charge in [0.15, 0.2) is 5.82 Å². The van der Waals surface area contributed by atoms with E-state index in [0.29, 0.717) is 24.2 Å². The van der Waals surface area contributed by atoms with E-state index in [1.165, 1.54) is 0 Å². The van der Waals surface area contributed by atoms with Crippen LogP contribution in [0.1, 0.15) is 49.4 Å². The van der Waals surface area contributed by atoms with Gasteiger partial charge in [-0.2, -0.15) is 10.1 Å². The third-order valence-electron chi connectivity index (χ3n) is 4.88. The van der Waals surface area contributed by atoms with Gasteiger partial charge < -0.3 is 9.42 Å². The summed E-state index contributed by atoms with van der Waals surface area (Å²) in [5.74, 6) is 1.82. The molecular weight excluding hydrogens is 344 g/mol. The number of amides is 1. The van der Waals surface area contributed by atoms with Crippen LogP contribution in [-0.2, 0) is 11.3 Å². The van der Waals surface area contributed by atoms with Crippen molar-refractivity contribution in [3.05, 3.63) is 29.2 Å². The maximum absolute atomic E-state index is 13.0. The first-order chi connectivity index (χ1) is 12.8. The van der Waals surface area contributed by atoms with Gasteiger partial charge in [-0.3, -0.25) is 14.4 Å². The molecule has 3 heterocycles. The van der Waals surface area contributed by atoms with Crippen molar-refractivity contribution in [2.45, 2.75) is 53.6 Å². The lowest BCUT2D eigenvalue weighted by Crippen LogP contribution is -2.40. The molecule has 0 saturated carbocycles. The van der Waals surface area contributed by atoms with Gasteiger partial charge in [-0.05, 0) is 39.2 Å². The Morgan fingerprint density at radius 1 is 1.30 bits per heavy atom. The molecule has 0 N–H and O–H groups in total. The van der Waals surface area contributed by atoms with Gasteiger partial charge in [-0.1, -0.05) is 19.0 Å². The molecule has 1 saturated heterocycles. The highest BCUT2D eigenvalue weighted by Gasteiger charge is 2.32. The number of rotatable bonds is 5. The highest BCUT2D eigenvalue weighted by Crippen LogP contribution is 2.25. The number of aryl methyl sites for hydroxylation is 3. The zero-order valence-electron chi connectivity index (χ0n) is 17.0. The van der Waals surface area contributed by atoms with E-state index < -0.39 is 0 Å². The predicted octanol–water partition coefficient (Wildman–Crippen LogP) is 2.12. The first-order valence-corrected chi connectivity index (χ1v) is 9.66. The third kappa shape index (κ3) is 4.74. The van der Waals surface area contributed by atoms with Crippen LogP contribution < -0.4 is 0 Å². The van der Waals surface area contributed by atoms with Crippen molar-refractivity contribution in [3.8, 4) is 0 Å². The summed E-state index contributed by atoms with van der Waals surface area (Å²) in [6.45, 7) is 13.5. The van der Waals surface area contributed by atoms with Crippen LogP contribution in [0.3, 0.4) is 0 Å². The summed E-state index contributed by atoms with van der Waals surface area (Å²) in [7, 11) is 0. The van der Waals surface area contributed by atoms with Crippen LogP contribution >= 0.6 is 0 Å². The second-order valence-electron chi connectivity index (χ2n) is 7.86. The topological polar surface area (TPSA) is 80.3 Å². The summed E-state index contributed by atoms with van der Waals surface area (Å²) in [6.07, 6.45) is 0.930. The van der Waals surface area contributed by atoms with Crippen molar-refractivity contribution in [2.75, 3.05) is 26.2 Å². The van der Waals surface area contributed by atoms with Gasteiger partial charge in [-0.15, -0.1) is 0 Å². The van der Waals surface area contributed by atoms with Gasteiger partial charge >= 0.3 is 0 Å². The molecule has 8 heteroatoms. The Morgan fingerprint density at radius 3 is 2.67 bits per heavy atom. The van der Waals surface area contributed by atoms with E-state index in [1.807, 2.05) is 31.7 Å². The second kappa shape index (κ2) is 8.21. The molecule has 8 nitrogen and oxygen atoms in total. The largest absolute Gasteiger partial charge is 0.339 e. The van der Waals surface area contributed by atoms with Crippen molar-refractivity contribution in [3.63, 3.8) is 0 Å². The van der Waals surface area contributed by atoms with E-state index in [-0.39, 0.29) is 18.5 Å². The van der Waals surface area contributed by atoms with Gasteiger partial charge in [-0.25, -0.2) is 0 Å². The molecule has 1 unspecified atom stereocenters. The summed E-state index contributed by atoms with van der Waals surface area (Å²) in [4.78, 5) is 21.7. The summed E-state index contributed by atoms with van der Waals surface area (Å²) in [6, 6.07) is 1.92. The van der Waals surface area contributed by atoms with E-state index >= 15 is 0 Å². The number of nitrogens with zero attached hydrogens (tertiary/aromatic N) is 6. The quantitative estimate of drug-likeness (QED) is 0.797. The standard InChI is InChI=1S/C19H30N6O2/c1-13(2)10-23-7-6-8-24(11-17(23)19-20-16(5)22-27-19)18(26)12-25-15(4)9-14(3)21-25/h9,13,17H,6-8,10-12H2,1-5H3. The molecule has 0 spiro atoms. The SMILES string of the molecule is Cc1cc(C)n(CC(=O)N2CCCN(CC(C)C)C(c3nc(C)no3)C2)n1. The molecule has 1 aliphatic heterocycles. The summed E-state index contributed by atoms with van der Waals surface area (Å²) < 4.78 is 7.26. The van der Waals surface area contributed by atoms with Crippen molar-refractivity contribution in [2.24, 2.45) is 5.92 Å². The Hall–Kier alpha value is -2.22. The van der Waals surface area contributed by atoms with Crippen molar-refractivity contribution in [1.82, 2.24) is 29.7 Å². The summed E-state index contributed by atoms with van der Waals surface area (Å²) in [5, 5.41) is 8.38. The van der Waals surface area contributed by atoms with Gasteiger partial charge in [0.1, 0.15) is 12.6 Å². The minimum absolute atomic E-state index is 0.0690. The van der Waals surface area contributed by atoms with Crippen molar-refractivity contribution in [1.29, 1.82) is 0 Å². The Balaban J connectivity index is 1.78. The second-order valence-corrected chi connectivity index (χ2v) is 7.86. The van der Waals surface area contributed by atoms with Crippen molar-refractivity contribution >= 4 is 5.91 Å². The first kappa shape index (κ1) is 19.5. The molecule has 27 heavy (non-hydrogen) atoms. The molecule has 1 amide bonds. The zero-order chi connectivity index (χ0) is 19.6. The smallest absolute Gasteiger partial charge is 0.245 e. The van der Waals surface area contributed by atoms with Crippen LogP contribution in [0.2, 0.25) is 0 Å².